The van der Waals surface area contributed by atoms with Crippen LogP contribution in [0.1, 0.15) is 71.4 Å². The standard InChI is InChI=1S/C23H23N5O2/c1-13-15-10-14-12-25-18(16-6-5-9-24-16)11-17(14)26-19(15)22(30)28-20(13)21(29)27-23(28)7-3-2-4-8-23/h5,9,11-12,26H,2-4,6-8,10H2,1H3,(H,27,29). The number of carbonyl (C=O) groups is 1. The number of fused-ring (bicyclic) bond motifs is 4. The van der Waals surface area contributed by atoms with E-state index in [0.717, 1.165) is 72.3 Å². The summed E-state index contributed by atoms with van der Waals surface area (Å²) in [6.07, 6.45) is 11.8. The fourth-order valence-electron chi connectivity index (χ4n) is 5.44. The number of anilines is 2. The van der Waals surface area contributed by atoms with Gasteiger partial charge >= 0.3 is 0 Å². The van der Waals surface area contributed by atoms with Crippen LogP contribution in [0.15, 0.2) is 34.3 Å². The molecule has 7 heteroatoms. The Morgan fingerprint density at radius 3 is 2.77 bits per heavy atom. The molecule has 0 saturated heterocycles. The summed E-state index contributed by atoms with van der Waals surface area (Å²) in [5.74, 6) is -0.125. The number of nitrogens with zero attached hydrogens (tertiary/aromatic N) is 3. The first kappa shape index (κ1) is 17.6. The molecule has 5 heterocycles. The van der Waals surface area contributed by atoms with Crippen molar-refractivity contribution in [3.05, 3.63) is 63.0 Å². The zero-order chi connectivity index (χ0) is 20.5. The number of pyridine rings is 2. The number of rotatable bonds is 1. The van der Waals surface area contributed by atoms with Crippen LogP contribution >= 0.6 is 0 Å². The highest BCUT2D eigenvalue weighted by atomic mass is 16.2. The van der Waals surface area contributed by atoms with Crippen LogP contribution in [0.25, 0.3) is 0 Å². The Morgan fingerprint density at radius 2 is 2.00 bits per heavy atom. The third-order valence-electron chi connectivity index (χ3n) is 6.98. The van der Waals surface area contributed by atoms with Gasteiger partial charge in [-0.05, 0) is 55.4 Å². The Balaban J connectivity index is 1.50. The smallest absolute Gasteiger partial charge is 0.277 e. The molecule has 152 valence electrons. The van der Waals surface area contributed by atoms with Crippen molar-refractivity contribution < 1.29 is 4.79 Å². The zero-order valence-electron chi connectivity index (χ0n) is 16.9. The average Bonchev–Trinajstić information content (AvgIpc) is 3.38. The summed E-state index contributed by atoms with van der Waals surface area (Å²) in [5.41, 5.74) is 5.91. The van der Waals surface area contributed by atoms with E-state index in [-0.39, 0.29) is 11.5 Å². The van der Waals surface area contributed by atoms with Crippen molar-refractivity contribution in [2.45, 2.75) is 57.5 Å². The van der Waals surface area contributed by atoms with Crippen molar-refractivity contribution in [2.75, 3.05) is 5.32 Å². The van der Waals surface area contributed by atoms with Gasteiger partial charge in [-0.3, -0.25) is 24.1 Å². The van der Waals surface area contributed by atoms with Crippen molar-refractivity contribution >= 4 is 23.0 Å². The summed E-state index contributed by atoms with van der Waals surface area (Å²) in [4.78, 5) is 35.6. The molecular weight excluding hydrogens is 378 g/mol. The molecule has 2 aromatic heterocycles. The maximum Gasteiger partial charge on any atom is 0.277 e. The number of allylic oxidation sites excluding steroid dienone is 1. The lowest BCUT2D eigenvalue weighted by Gasteiger charge is -2.36. The molecule has 1 fully saturated rings. The van der Waals surface area contributed by atoms with Gasteiger partial charge in [0, 0.05) is 30.9 Å². The van der Waals surface area contributed by atoms with Crippen molar-refractivity contribution in [3.63, 3.8) is 0 Å². The number of hydrogen-bond acceptors (Lipinski definition) is 5. The highest BCUT2D eigenvalue weighted by molar-refractivity contribution is 6.02. The highest BCUT2D eigenvalue weighted by Crippen LogP contribution is 2.40. The number of amides is 1. The van der Waals surface area contributed by atoms with Gasteiger partial charge in [-0.15, -0.1) is 0 Å². The van der Waals surface area contributed by atoms with Crippen LogP contribution in [0.5, 0.6) is 0 Å². The first-order chi connectivity index (χ1) is 14.6. The summed E-state index contributed by atoms with van der Waals surface area (Å²) in [7, 11) is 0. The fraction of sp³-hybridized carbons (Fsp3) is 0.391. The molecule has 0 bridgehead atoms. The van der Waals surface area contributed by atoms with Crippen LogP contribution in [-0.2, 0) is 12.1 Å². The van der Waals surface area contributed by atoms with Gasteiger partial charge in [0.05, 0.1) is 11.4 Å². The largest absolute Gasteiger partial charge is 0.350 e. The molecule has 3 aliphatic heterocycles. The monoisotopic (exact) mass is 401 g/mol. The quantitative estimate of drug-likeness (QED) is 0.655. The molecule has 2 N–H and O–H groups in total. The minimum absolute atomic E-state index is 0.102. The molecule has 2 aromatic rings. The number of hydrogen-bond donors (Lipinski definition) is 2. The molecule has 1 spiro atoms. The second kappa shape index (κ2) is 6.14. The maximum atomic E-state index is 13.7. The summed E-state index contributed by atoms with van der Waals surface area (Å²) >= 11 is 0. The Kier molecular flexibility index (Phi) is 3.61. The molecule has 30 heavy (non-hydrogen) atoms. The molecule has 0 radical (unpaired) electrons. The lowest BCUT2D eigenvalue weighted by Crippen LogP contribution is -2.49. The van der Waals surface area contributed by atoms with E-state index in [0.29, 0.717) is 17.8 Å². The van der Waals surface area contributed by atoms with E-state index in [9.17, 15) is 9.59 Å². The lowest BCUT2D eigenvalue weighted by molar-refractivity contribution is 0.0876. The molecule has 0 aromatic carbocycles. The number of aromatic nitrogens is 2. The van der Waals surface area contributed by atoms with Crippen molar-refractivity contribution in [1.82, 2.24) is 14.9 Å². The van der Waals surface area contributed by atoms with Crippen LogP contribution in [0, 0.1) is 6.92 Å². The molecule has 7 nitrogen and oxygen atoms in total. The molecule has 6 rings (SSSR count). The minimum Gasteiger partial charge on any atom is -0.350 e. The summed E-state index contributed by atoms with van der Waals surface area (Å²) < 4.78 is 1.76. The second-order valence-electron chi connectivity index (χ2n) is 8.71. The van der Waals surface area contributed by atoms with Gasteiger partial charge in [0.25, 0.3) is 11.5 Å². The molecular formula is C23H23N5O2. The molecule has 4 aliphatic rings. The normalized spacial score (nSPS) is 20.3. The van der Waals surface area contributed by atoms with Crippen molar-refractivity contribution in [2.24, 2.45) is 4.99 Å². The Bertz CT molecular complexity index is 1230. The van der Waals surface area contributed by atoms with E-state index in [4.69, 9.17) is 0 Å². The average molecular weight is 401 g/mol. The first-order valence-electron chi connectivity index (χ1n) is 10.7. The molecule has 0 unspecified atom stereocenters. The summed E-state index contributed by atoms with van der Waals surface area (Å²) in [6, 6.07) is 1.98. The maximum absolute atomic E-state index is 13.7. The second-order valence-corrected chi connectivity index (χ2v) is 8.71. The van der Waals surface area contributed by atoms with Crippen molar-refractivity contribution in [3.8, 4) is 0 Å². The van der Waals surface area contributed by atoms with E-state index >= 15 is 0 Å². The SMILES string of the molecule is Cc1c2c(c(=O)n3c1C(=O)NC31CCCCC1)Nc1cc(C3=NC=CC3)ncc1C2. The van der Waals surface area contributed by atoms with Crippen LogP contribution in [0.2, 0.25) is 0 Å². The summed E-state index contributed by atoms with van der Waals surface area (Å²) in [6.45, 7) is 1.96. The predicted octanol–water partition coefficient (Wildman–Crippen LogP) is 3.27. The third kappa shape index (κ3) is 2.32. The Morgan fingerprint density at radius 1 is 1.17 bits per heavy atom. The van der Waals surface area contributed by atoms with E-state index in [1.54, 1.807) is 10.8 Å². The van der Waals surface area contributed by atoms with E-state index in [1.165, 1.54) is 0 Å². The van der Waals surface area contributed by atoms with Gasteiger partial charge in [-0.1, -0.05) is 12.5 Å². The van der Waals surface area contributed by atoms with Gasteiger partial charge in [0.1, 0.15) is 17.0 Å². The minimum atomic E-state index is -0.572. The number of aliphatic imine (C=N–C) groups is 1. The topological polar surface area (TPSA) is 88.4 Å². The number of carbonyl (C=O) groups excluding carboxylic acids is 1. The van der Waals surface area contributed by atoms with Gasteiger partial charge in [0.15, 0.2) is 0 Å². The highest BCUT2D eigenvalue weighted by Gasteiger charge is 2.46. The fourth-order valence-corrected chi connectivity index (χ4v) is 5.44. The van der Waals surface area contributed by atoms with Gasteiger partial charge in [-0.25, -0.2) is 0 Å². The van der Waals surface area contributed by atoms with E-state index in [1.807, 2.05) is 25.3 Å². The lowest BCUT2D eigenvalue weighted by atomic mass is 9.88. The number of nitrogens with one attached hydrogen (secondary N) is 2. The van der Waals surface area contributed by atoms with Gasteiger partial charge in [0.2, 0.25) is 0 Å². The molecule has 0 atom stereocenters. The molecule has 1 saturated carbocycles. The Labute approximate surface area is 173 Å². The zero-order valence-corrected chi connectivity index (χ0v) is 16.9. The van der Waals surface area contributed by atoms with E-state index in [2.05, 4.69) is 20.6 Å². The van der Waals surface area contributed by atoms with Crippen LogP contribution in [0.3, 0.4) is 0 Å². The van der Waals surface area contributed by atoms with Crippen LogP contribution in [0.4, 0.5) is 11.4 Å². The van der Waals surface area contributed by atoms with Crippen LogP contribution < -0.4 is 16.2 Å². The predicted molar refractivity (Wildman–Crippen MR) is 115 cm³/mol. The van der Waals surface area contributed by atoms with Crippen molar-refractivity contribution in [1.29, 1.82) is 0 Å². The molecule has 1 amide bonds. The van der Waals surface area contributed by atoms with Gasteiger partial charge < -0.3 is 10.6 Å². The first-order valence-corrected chi connectivity index (χ1v) is 10.7. The van der Waals surface area contributed by atoms with E-state index < -0.39 is 5.66 Å². The van der Waals surface area contributed by atoms with Crippen LogP contribution in [-0.4, -0.2) is 21.2 Å². The van der Waals surface area contributed by atoms with Gasteiger partial charge in [-0.2, -0.15) is 0 Å². The summed E-state index contributed by atoms with van der Waals surface area (Å²) in [5, 5.41) is 6.56. The third-order valence-corrected chi connectivity index (χ3v) is 6.98. The molecule has 1 aliphatic carbocycles. The Hall–Kier alpha value is -3.22.